The average molecular weight is 351 g/mol. The Hall–Kier alpha value is -3.15. The van der Waals surface area contributed by atoms with Crippen molar-refractivity contribution in [2.45, 2.75) is 0 Å². The predicted molar refractivity (Wildman–Crippen MR) is 99.1 cm³/mol. The summed E-state index contributed by atoms with van der Waals surface area (Å²) < 4.78 is 13.1. The van der Waals surface area contributed by atoms with Gasteiger partial charge in [-0.3, -0.25) is 9.59 Å². The van der Waals surface area contributed by atoms with Crippen molar-refractivity contribution in [3.63, 3.8) is 0 Å². The van der Waals surface area contributed by atoms with Gasteiger partial charge in [-0.25, -0.2) is 4.39 Å². The molecule has 6 heteroatoms. The van der Waals surface area contributed by atoms with Gasteiger partial charge in [-0.1, -0.05) is 18.2 Å². The Morgan fingerprint density at radius 1 is 0.962 bits per heavy atom. The van der Waals surface area contributed by atoms with E-state index < -0.39 is 0 Å². The van der Waals surface area contributed by atoms with Crippen molar-refractivity contribution in [2.24, 2.45) is 0 Å². The maximum Gasteiger partial charge on any atom is 0.261 e. The number of rotatable bonds is 2. The van der Waals surface area contributed by atoms with Crippen LogP contribution in [0.15, 0.2) is 59.4 Å². The van der Waals surface area contributed by atoms with Gasteiger partial charge in [0.15, 0.2) is 0 Å². The molecule has 1 aliphatic rings. The first kappa shape index (κ1) is 16.3. The Morgan fingerprint density at radius 3 is 2.38 bits per heavy atom. The Bertz CT molecular complexity index is 1010. The molecule has 0 atom stereocenters. The van der Waals surface area contributed by atoms with Crippen molar-refractivity contribution in [1.82, 2.24) is 9.88 Å². The zero-order chi connectivity index (χ0) is 18.1. The number of pyridine rings is 1. The molecule has 132 valence electrons. The minimum absolute atomic E-state index is 0.166. The molecular weight excluding hydrogens is 333 g/mol. The molecule has 1 amide bonds. The molecule has 2 aromatic carbocycles. The fraction of sp³-hybridized carbons (Fsp3) is 0.200. The molecule has 4 rings (SSSR count). The zero-order valence-corrected chi connectivity index (χ0v) is 14.1. The van der Waals surface area contributed by atoms with E-state index in [1.807, 2.05) is 24.3 Å². The lowest BCUT2D eigenvalue weighted by molar-refractivity contribution is 0.0745. The lowest BCUT2D eigenvalue weighted by Crippen LogP contribution is -2.49. The molecule has 2 heterocycles. The molecule has 26 heavy (non-hydrogen) atoms. The van der Waals surface area contributed by atoms with Crippen LogP contribution in [0.5, 0.6) is 0 Å². The number of benzene rings is 2. The molecule has 5 nitrogen and oxygen atoms in total. The van der Waals surface area contributed by atoms with Crippen LogP contribution in [0.2, 0.25) is 0 Å². The summed E-state index contributed by atoms with van der Waals surface area (Å²) in [6, 6.07) is 15.4. The monoisotopic (exact) mass is 351 g/mol. The lowest BCUT2D eigenvalue weighted by Gasteiger charge is -2.36. The van der Waals surface area contributed by atoms with E-state index in [9.17, 15) is 14.0 Å². The van der Waals surface area contributed by atoms with Gasteiger partial charge in [0, 0.05) is 37.4 Å². The number of amides is 1. The molecule has 0 saturated carbocycles. The minimum atomic E-state index is -0.366. The number of hydrogen-bond donors (Lipinski definition) is 1. The van der Waals surface area contributed by atoms with Crippen molar-refractivity contribution < 1.29 is 9.18 Å². The van der Waals surface area contributed by atoms with Crippen LogP contribution < -0.4 is 10.5 Å². The first-order valence-corrected chi connectivity index (χ1v) is 8.54. The number of piperazine rings is 1. The van der Waals surface area contributed by atoms with E-state index in [1.54, 1.807) is 23.1 Å². The smallest absolute Gasteiger partial charge is 0.261 e. The van der Waals surface area contributed by atoms with Gasteiger partial charge in [-0.15, -0.1) is 0 Å². The summed E-state index contributed by atoms with van der Waals surface area (Å²) in [4.78, 5) is 31.6. The van der Waals surface area contributed by atoms with Gasteiger partial charge < -0.3 is 14.8 Å². The molecule has 0 radical (unpaired) electrons. The summed E-state index contributed by atoms with van der Waals surface area (Å²) in [5.74, 6) is -0.520. The quantitative estimate of drug-likeness (QED) is 0.772. The van der Waals surface area contributed by atoms with Crippen LogP contribution in [0.4, 0.5) is 10.1 Å². The number of nitrogens with one attached hydrogen (secondary N) is 1. The number of aromatic amines is 1. The van der Waals surface area contributed by atoms with E-state index >= 15 is 0 Å². The second-order valence-electron chi connectivity index (χ2n) is 6.36. The average Bonchev–Trinajstić information content (AvgIpc) is 2.68. The zero-order valence-electron chi connectivity index (χ0n) is 14.1. The van der Waals surface area contributed by atoms with Gasteiger partial charge in [0.25, 0.3) is 11.5 Å². The molecule has 1 aromatic heterocycles. The fourth-order valence-electron chi connectivity index (χ4n) is 3.30. The van der Waals surface area contributed by atoms with Crippen molar-refractivity contribution >= 4 is 22.5 Å². The van der Waals surface area contributed by atoms with Crippen molar-refractivity contribution in [3.8, 4) is 0 Å². The highest BCUT2D eigenvalue weighted by atomic mass is 19.1. The van der Waals surface area contributed by atoms with E-state index in [4.69, 9.17) is 0 Å². The molecule has 0 unspecified atom stereocenters. The van der Waals surface area contributed by atoms with Crippen LogP contribution in [-0.4, -0.2) is 42.0 Å². The Morgan fingerprint density at radius 2 is 1.65 bits per heavy atom. The van der Waals surface area contributed by atoms with Gasteiger partial charge in [-0.2, -0.15) is 0 Å². The van der Waals surface area contributed by atoms with E-state index in [1.165, 1.54) is 12.1 Å². The van der Waals surface area contributed by atoms with Gasteiger partial charge in [-0.05, 0) is 41.8 Å². The number of carbonyl (C=O) groups is 1. The van der Waals surface area contributed by atoms with Crippen LogP contribution in [-0.2, 0) is 0 Å². The number of aromatic nitrogens is 1. The summed E-state index contributed by atoms with van der Waals surface area (Å²) in [7, 11) is 0. The maximum atomic E-state index is 13.1. The number of carbonyl (C=O) groups excluding carboxylic acids is 1. The van der Waals surface area contributed by atoms with Crippen LogP contribution in [0, 0.1) is 5.82 Å². The molecule has 0 bridgehead atoms. The van der Waals surface area contributed by atoms with Crippen LogP contribution >= 0.6 is 0 Å². The maximum absolute atomic E-state index is 13.1. The first-order valence-electron chi connectivity index (χ1n) is 8.54. The highest BCUT2D eigenvalue weighted by Gasteiger charge is 2.24. The minimum Gasteiger partial charge on any atom is -0.368 e. The largest absolute Gasteiger partial charge is 0.368 e. The van der Waals surface area contributed by atoms with Crippen molar-refractivity contribution in [3.05, 3.63) is 76.3 Å². The molecule has 0 spiro atoms. The van der Waals surface area contributed by atoms with E-state index in [2.05, 4.69) is 9.88 Å². The van der Waals surface area contributed by atoms with Crippen LogP contribution in [0.25, 0.3) is 10.9 Å². The third kappa shape index (κ3) is 3.06. The highest BCUT2D eigenvalue weighted by molar-refractivity contribution is 5.97. The van der Waals surface area contributed by atoms with E-state index in [0.717, 1.165) is 16.6 Å². The number of hydrogen-bond acceptors (Lipinski definition) is 3. The summed E-state index contributed by atoms with van der Waals surface area (Å²) in [6.07, 6.45) is 0. The normalized spacial score (nSPS) is 14.7. The summed E-state index contributed by atoms with van der Waals surface area (Å²) in [5, 5.41) is 0.834. The molecule has 1 saturated heterocycles. The van der Waals surface area contributed by atoms with Crippen LogP contribution in [0.1, 0.15) is 10.4 Å². The Kier molecular flexibility index (Phi) is 4.16. The third-order valence-corrected chi connectivity index (χ3v) is 4.74. The summed E-state index contributed by atoms with van der Waals surface area (Å²) in [6.45, 7) is 2.32. The first-order chi connectivity index (χ1) is 12.6. The second-order valence-corrected chi connectivity index (χ2v) is 6.36. The van der Waals surface area contributed by atoms with Crippen LogP contribution in [0.3, 0.4) is 0 Å². The van der Waals surface area contributed by atoms with Gasteiger partial charge in [0.2, 0.25) is 0 Å². The number of nitrogens with zero attached hydrogens (tertiary/aromatic N) is 2. The summed E-state index contributed by atoms with van der Waals surface area (Å²) >= 11 is 0. The number of fused-ring (bicyclic) bond motifs is 1. The molecule has 3 aromatic rings. The topological polar surface area (TPSA) is 56.4 Å². The number of anilines is 1. The third-order valence-electron chi connectivity index (χ3n) is 4.74. The number of para-hydroxylation sites is 1. The molecule has 0 aliphatic carbocycles. The van der Waals surface area contributed by atoms with Crippen molar-refractivity contribution in [2.75, 3.05) is 31.1 Å². The highest BCUT2D eigenvalue weighted by Crippen LogP contribution is 2.18. The molecular formula is C20H18FN3O2. The van der Waals surface area contributed by atoms with E-state index in [-0.39, 0.29) is 22.8 Å². The molecule has 1 fully saturated rings. The Labute approximate surface area is 149 Å². The second kappa shape index (κ2) is 6.63. The lowest BCUT2D eigenvalue weighted by atomic mass is 10.1. The standard InChI is InChI=1S/C20H18FN3O2/c21-15-5-7-16(8-6-15)23-9-11-24(12-10-23)20(26)17-13-14-3-1-2-4-18(14)22-19(17)25/h1-8,13H,9-12H2,(H,22,25). The van der Waals surface area contributed by atoms with Crippen molar-refractivity contribution in [1.29, 1.82) is 0 Å². The number of halogens is 1. The molecule has 1 N–H and O–H groups in total. The van der Waals surface area contributed by atoms with Gasteiger partial charge in [0.05, 0.1) is 0 Å². The Balaban J connectivity index is 1.51. The molecule has 1 aliphatic heterocycles. The summed E-state index contributed by atoms with van der Waals surface area (Å²) in [5.41, 5.74) is 1.45. The van der Waals surface area contributed by atoms with E-state index in [0.29, 0.717) is 26.2 Å². The van der Waals surface area contributed by atoms with Gasteiger partial charge in [0.1, 0.15) is 11.4 Å². The SMILES string of the molecule is O=C(c1cc2ccccc2[nH]c1=O)N1CCN(c2ccc(F)cc2)CC1. The van der Waals surface area contributed by atoms with Gasteiger partial charge >= 0.3 is 0 Å². The number of H-pyrrole nitrogens is 1. The fourth-order valence-corrected chi connectivity index (χ4v) is 3.30. The predicted octanol–water partition coefficient (Wildman–Crippen LogP) is 2.63.